The van der Waals surface area contributed by atoms with Crippen LogP contribution in [0.2, 0.25) is 0 Å². The third-order valence-corrected chi connectivity index (χ3v) is 4.64. The third kappa shape index (κ3) is 6.85. The number of unbranched alkanes of at least 4 members (excludes halogenated alkanes) is 4. The first-order valence-corrected chi connectivity index (χ1v) is 9.78. The largest absolute Gasteiger partial charge is 0.493 e. The number of rotatable bonds is 11. The van der Waals surface area contributed by atoms with Crippen LogP contribution in [0.1, 0.15) is 65.0 Å². The number of aryl methyl sites for hydroxylation is 1. The number of hydrogen-bond acceptors (Lipinski definition) is 3. The fourth-order valence-electron chi connectivity index (χ4n) is 2.64. The Morgan fingerprint density at radius 2 is 1.64 bits per heavy atom. The van der Waals surface area contributed by atoms with Gasteiger partial charge in [-0.05, 0) is 55.2 Å². The predicted molar refractivity (Wildman–Crippen MR) is 105 cm³/mol. The summed E-state index contributed by atoms with van der Waals surface area (Å²) in [6, 6.07) is 12.3. The van der Waals surface area contributed by atoms with E-state index in [-0.39, 0.29) is 0 Å². The number of hydrogen-bond donors (Lipinski definition) is 0. The first-order chi connectivity index (χ1) is 12.2. The number of nitrogens with zero attached hydrogens (tertiary/aromatic N) is 2. The molecule has 0 saturated heterocycles. The minimum Gasteiger partial charge on any atom is -0.493 e. The second-order valence-corrected chi connectivity index (χ2v) is 6.92. The maximum Gasteiger partial charge on any atom is 0.119 e. The maximum absolute atomic E-state index is 5.80. The topological polar surface area (TPSA) is 35.0 Å². The van der Waals surface area contributed by atoms with Gasteiger partial charge < -0.3 is 4.74 Å². The minimum absolute atomic E-state index is 0.583. The molecule has 0 radical (unpaired) electrons. The second-order valence-electron chi connectivity index (χ2n) is 6.92. The van der Waals surface area contributed by atoms with Gasteiger partial charge in [0.15, 0.2) is 0 Å². The molecule has 0 aliphatic rings. The van der Waals surface area contributed by atoms with Gasteiger partial charge in [0.05, 0.1) is 18.0 Å². The zero-order valence-corrected chi connectivity index (χ0v) is 16.0. The highest BCUT2D eigenvalue weighted by Crippen LogP contribution is 2.21. The number of ether oxygens (including phenoxy) is 1. The highest BCUT2D eigenvalue weighted by Gasteiger charge is 2.04. The van der Waals surface area contributed by atoms with E-state index in [1.165, 1.54) is 32.1 Å². The maximum atomic E-state index is 5.80. The van der Waals surface area contributed by atoms with Crippen molar-refractivity contribution in [1.29, 1.82) is 0 Å². The van der Waals surface area contributed by atoms with Crippen LogP contribution in [-0.2, 0) is 6.42 Å². The van der Waals surface area contributed by atoms with Crippen molar-refractivity contribution in [1.82, 2.24) is 10.2 Å². The van der Waals surface area contributed by atoms with Crippen LogP contribution in [0.15, 0.2) is 36.4 Å². The Labute approximate surface area is 152 Å². The fourth-order valence-corrected chi connectivity index (χ4v) is 2.64. The van der Waals surface area contributed by atoms with E-state index in [0.29, 0.717) is 5.92 Å². The molecule has 2 rings (SSSR count). The van der Waals surface area contributed by atoms with Gasteiger partial charge >= 0.3 is 0 Å². The van der Waals surface area contributed by atoms with E-state index in [1.54, 1.807) is 0 Å². The highest BCUT2D eigenvalue weighted by molar-refractivity contribution is 5.59. The van der Waals surface area contributed by atoms with Crippen molar-refractivity contribution in [2.75, 3.05) is 6.61 Å². The summed E-state index contributed by atoms with van der Waals surface area (Å²) in [5.74, 6) is 1.50. The third-order valence-electron chi connectivity index (χ3n) is 4.64. The Morgan fingerprint density at radius 1 is 0.880 bits per heavy atom. The van der Waals surface area contributed by atoms with Crippen LogP contribution >= 0.6 is 0 Å². The molecule has 0 bridgehead atoms. The van der Waals surface area contributed by atoms with Gasteiger partial charge in [0.1, 0.15) is 5.75 Å². The van der Waals surface area contributed by atoms with Gasteiger partial charge in [-0.2, -0.15) is 10.2 Å². The summed E-state index contributed by atoms with van der Waals surface area (Å²) in [7, 11) is 0. The first-order valence-electron chi connectivity index (χ1n) is 9.78. The van der Waals surface area contributed by atoms with Crippen molar-refractivity contribution in [2.24, 2.45) is 5.92 Å². The SMILES string of the molecule is CCCCCCCc1ccc(-c2ccc(OCC(C)CC)cc2)nn1. The molecule has 0 saturated carbocycles. The molecule has 25 heavy (non-hydrogen) atoms. The minimum atomic E-state index is 0.583. The number of aromatic nitrogens is 2. The molecule has 0 N–H and O–H groups in total. The molecular formula is C22H32N2O. The summed E-state index contributed by atoms with van der Waals surface area (Å²) in [6.45, 7) is 7.40. The Kier molecular flexibility index (Phi) is 8.44. The normalized spacial score (nSPS) is 12.1. The molecule has 3 heteroatoms. The molecule has 0 aliphatic carbocycles. The summed E-state index contributed by atoms with van der Waals surface area (Å²) in [5, 5.41) is 8.77. The molecule has 1 atom stereocenters. The van der Waals surface area contributed by atoms with Crippen molar-refractivity contribution in [3.8, 4) is 17.0 Å². The lowest BCUT2D eigenvalue weighted by atomic mass is 10.1. The van der Waals surface area contributed by atoms with Crippen LogP contribution in [0, 0.1) is 5.92 Å². The summed E-state index contributed by atoms with van der Waals surface area (Å²) in [5.41, 5.74) is 3.09. The molecule has 0 aliphatic heterocycles. The zero-order valence-electron chi connectivity index (χ0n) is 16.0. The van der Waals surface area contributed by atoms with Gasteiger partial charge in [0, 0.05) is 5.56 Å². The predicted octanol–water partition coefficient (Wildman–Crippen LogP) is 6.08. The van der Waals surface area contributed by atoms with E-state index < -0.39 is 0 Å². The smallest absolute Gasteiger partial charge is 0.119 e. The lowest BCUT2D eigenvalue weighted by molar-refractivity contribution is 0.256. The van der Waals surface area contributed by atoms with Gasteiger partial charge in [-0.25, -0.2) is 0 Å². The Balaban J connectivity index is 1.84. The van der Waals surface area contributed by atoms with Crippen LogP contribution in [0.3, 0.4) is 0 Å². The van der Waals surface area contributed by atoms with Crippen LogP contribution in [0.4, 0.5) is 0 Å². The molecule has 2 aromatic rings. The highest BCUT2D eigenvalue weighted by atomic mass is 16.5. The van der Waals surface area contributed by atoms with Crippen molar-refractivity contribution in [2.45, 2.75) is 65.7 Å². The second kappa shape index (κ2) is 10.9. The van der Waals surface area contributed by atoms with Crippen molar-refractivity contribution >= 4 is 0 Å². The number of benzene rings is 1. The molecule has 1 aromatic carbocycles. The lowest BCUT2D eigenvalue weighted by Gasteiger charge is -2.11. The van der Waals surface area contributed by atoms with Crippen molar-refractivity contribution in [3.63, 3.8) is 0 Å². The van der Waals surface area contributed by atoms with Gasteiger partial charge in [-0.1, -0.05) is 52.9 Å². The zero-order chi connectivity index (χ0) is 17.9. The van der Waals surface area contributed by atoms with Crippen LogP contribution in [0.25, 0.3) is 11.3 Å². The summed E-state index contributed by atoms with van der Waals surface area (Å²) in [4.78, 5) is 0. The fraction of sp³-hybridized carbons (Fsp3) is 0.545. The molecule has 3 nitrogen and oxygen atoms in total. The average Bonchev–Trinajstić information content (AvgIpc) is 2.67. The van der Waals surface area contributed by atoms with E-state index in [2.05, 4.69) is 55.2 Å². The van der Waals surface area contributed by atoms with Crippen LogP contribution in [-0.4, -0.2) is 16.8 Å². The van der Waals surface area contributed by atoms with Gasteiger partial charge in [0.25, 0.3) is 0 Å². The molecule has 0 spiro atoms. The van der Waals surface area contributed by atoms with Gasteiger partial charge in [0.2, 0.25) is 0 Å². The van der Waals surface area contributed by atoms with Gasteiger partial charge in [-0.3, -0.25) is 0 Å². The first kappa shape index (κ1) is 19.4. The van der Waals surface area contributed by atoms with E-state index in [9.17, 15) is 0 Å². The Morgan fingerprint density at radius 3 is 2.28 bits per heavy atom. The monoisotopic (exact) mass is 340 g/mol. The summed E-state index contributed by atoms with van der Waals surface area (Å²) < 4.78 is 5.80. The van der Waals surface area contributed by atoms with Crippen LogP contribution < -0.4 is 4.74 Å². The van der Waals surface area contributed by atoms with E-state index in [1.807, 2.05) is 12.1 Å². The molecule has 1 heterocycles. The molecule has 1 unspecified atom stereocenters. The van der Waals surface area contributed by atoms with Crippen molar-refractivity contribution < 1.29 is 4.74 Å². The van der Waals surface area contributed by atoms with Crippen LogP contribution in [0.5, 0.6) is 5.75 Å². The van der Waals surface area contributed by atoms with Crippen molar-refractivity contribution in [3.05, 3.63) is 42.1 Å². The molecule has 1 aromatic heterocycles. The van der Waals surface area contributed by atoms with E-state index >= 15 is 0 Å². The molecule has 136 valence electrons. The van der Waals surface area contributed by atoms with E-state index in [0.717, 1.165) is 42.1 Å². The molecule has 0 fully saturated rings. The quantitative estimate of drug-likeness (QED) is 0.465. The summed E-state index contributed by atoms with van der Waals surface area (Å²) >= 11 is 0. The van der Waals surface area contributed by atoms with E-state index in [4.69, 9.17) is 4.74 Å². The Bertz CT molecular complexity index is 592. The molecular weight excluding hydrogens is 308 g/mol. The summed E-state index contributed by atoms with van der Waals surface area (Å²) in [6.07, 6.45) is 8.61. The lowest BCUT2D eigenvalue weighted by Crippen LogP contribution is -2.07. The Hall–Kier alpha value is -1.90. The van der Waals surface area contributed by atoms with Gasteiger partial charge in [-0.15, -0.1) is 0 Å². The standard InChI is InChI=1S/C22H32N2O/c1-4-6-7-8-9-10-20-13-16-22(24-23-20)19-11-14-21(15-12-19)25-17-18(3)5-2/h11-16,18H,4-10,17H2,1-3H3. The molecule has 0 amide bonds. The average molecular weight is 341 g/mol.